The van der Waals surface area contributed by atoms with Crippen LogP contribution < -0.4 is 5.73 Å². The average Bonchev–Trinajstić information content (AvgIpc) is 2.63. The monoisotopic (exact) mass is 275 g/mol. The molecule has 20 heavy (non-hydrogen) atoms. The predicted molar refractivity (Wildman–Crippen MR) is 84.6 cm³/mol. The van der Waals surface area contributed by atoms with Crippen LogP contribution in [0, 0.1) is 17.8 Å². The van der Waals surface area contributed by atoms with E-state index in [0.29, 0.717) is 23.9 Å². The van der Waals surface area contributed by atoms with E-state index in [9.17, 15) is 0 Å². The molecule has 2 rings (SSSR count). The average molecular weight is 275 g/mol. The van der Waals surface area contributed by atoms with Crippen molar-refractivity contribution in [3.8, 4) is 0 Å². The lowest BCUT2D eigenvalue weighted by Gasteiger charge is -2.26. The molecular weight excluding hydrogens is 246 g/mol. The highest BCUT2D eigenvalue weighted by Crippen LogP contribution is 2.39. The minimum absolute atomic E-state index is 0.0676. The van der Waals surface area contributed by atoms with E-state index in [4.69, 9.17) is 10.5 Å². The minimum atomic E-state index is 0.0676. The largest absolute Gasteiger partial charge is 0.375 e. The van der Waals surface area contributed by atoms with Crippen LogP contribution in [0.1, 0.15) is 51.8 Å². The number of nitrogens with two attached hydrogens (primary N) is 1. The molecule has 1 saturated heterocycles. The first kappa shape index (κ1) is 15.5. The van der Waals surface area contributed by atoms with Gasteiger partial charge in [0.15, 0.2) is 0 Å². The zero-order valence-corrected chi connectivity index (χ0v) is 13.5. The summed E-state index contributed by atoms with van der Waals surface area (Å²) < 4.78 is 5.93. The maximum atomic E-state index is 6.51. The Morgan fingerprint density at radius 1 is 1.05 bits per heavy atom. The second-order valence-electron chi connectivity index (χ2n) is 6.85. The number of hydrogen-bond acceptors (Lipinski definition) is 2. The normalized spacial score (nSPS) is 31.8. The number of benzene rings is 1. The van der Waals surface area contributed by atoms with Gasteiger partial charge in [0.05, 0.1) is 12.2 Å². The Morgan fingerprint density at radius 3 is 2.10 bits per heavy atom. The summed E-state index contributed by atoms with van der Waals surface area (Å²) in [6, 6.07) is 8.92. The fraction of sp³-hybridized carbons (Fsp3) is 0.667. The van der Waals surface area contributed by atoms with E-state index in [1.165, 1.54) is 11.1 Å². The van der Waals surface area contributed by atoms with Gasteiger partial charge in [-0.3, -0.25) is 0 Å². The third-order valence-corrected chi connectivity index (χ3v) is 4.74. The van der Waals surface area contributed by atoms with Crippen molar-refractivity contribution in [3.05, 3.63) is 35.4 Å². The van der Waals surface area contributed by atoms with Crippen LogP contribution in [0.4, 0.5) is 0 Å². The van der Waals surface area contributed by atoms with Crippen molar-refractivity contribution in [1.82, 2.24) is 0 Å². The van der Waals surface area contributed by atoms with Crippen LogP contribution >= 0.6 is 0 Å². The molecule has 0 saturated carbocycles. The van der Waals surface area contributed by atoms with Gasteiger partial charge in [-0.15, -0.1) is 0 Å². The molecule has 0 bridgehead atoms. The van der Waals surface area contributed by atoms with Gasteiger partial charge in [0.25, 0.3) is 0 Å². The van der Waals surface area contributed by atoms with Gasteiger partial charge in [0, 0.05) is 12.0 Å². The van der Waals surface area contributed by atoms with E-state index >= 15 is 0 Å². The SMILES string of the molecule is CC(C)Cc1ccc(C(N)C2C(C)OC(C)C2C)cc1. The molecule has 0 spiro atoms. The van der Waals surface area contributed by atoms with Gasteiger partial charge >= 0.3 is 0 Å². The molecule has 1 fully saturated rings. The maximum Gasteiger partial charge on any atom is 0.0600 e. The number of hydrogen-bond donors (Lipinski definition) is 1. The smallest absolute Gasteiger partial charge is 0.0600 e. The van der Waals surface area contributed by atoms with Crippen LogP contribution in [0.3, 0.4) is 0 Å². The number of rotatable bonds is 4. The van der Waals surface area contributed by atoms with Crippen LogP contribution in [-0.2, 0) is 11.2 Å². The highest BCUT2D eigenvalue weighted by molar-refractivity contribution is 5.26. The summed E-state index contributed by atoms with van der Waals surface area (Å²) >= 11 is 0. The van der Waals surface area contributed by atoms with Crippen LogP contribution in [0.2, 0.25) is 0 Å². The Hall–Kier alpha value is -0.860. The van der Waals surface area contributed by atoms with Crippen molar-refractivity contribution < 1.29 is 4.74 Å². The third-order valence-electron chi connectivity index (χ3n) is 4.74. The molecule has 2 nitrogen and oxygen atoms in total. The standard InChI is InChI=1S/C18H29NO/c1-11(2)10-15-6-8-16(9-7-15)18(19)17-12(3)13(4)20-14(17)5/h6-9,11-14,17-18H,10,19H2,1-5H3. The lowest BCUT2D eigenvalue weighted by atomic mass is 9.81. The first-order valence-corrected chi connectivity index (χ1v) is 7.90. The van der Waals surface area contributed by atoms with E-state index in [-0.39, 0.29) is 12.1 Å². The molecule has 2 N–H and O–H groups in total. The third kappa shape index (κ3) is 3.24. The Labute approximate surface area is 123 Å². The fourth-order valence-electron chi connectivity index (χ4n) is 3.48. The summed E-state index contributed by atoms with van der Waals surface area (Å²) in [5.74, 6) is 1.61. The van der Waals surface area contributed by atoms with Gasteiger partial charge in [-0.05, 0) is 43.2 Å². The summed E-state index contributed by atoms with van der Waals surface area (Å²) in [6.07, 6.45) is 1.68. The van der Waals surface area contributed by atoms with E-state index in [1.807, 2.05) is 0 Å². The van der Waals surface area contributed by atoms with Crippen LogP contribution in [0.25, 0.3) is 0 Å². The second kappa shape index (κ2) is 6.28. The topological polar surface area (TPSA) is 35.2 Å². The second-order valence-corrected chi connectivity index (χ2v) is 6.85. The molecule has 112 valence electrons. The van der Waals surface area contributed by atoms with Gasteiger partial charge in [-0.2, -0.15) is 0 Å². The maximum absolute atomic E-state index is 6.51. The van der Waals surface area contributed by atoms with Gasteiger partial charge < -0.3 is 10.5 Å². The van der Waals surface area contributed by atoms with Crippen molar-refractivity contribution in [2.45, 2.75) is 59.3 Å². The lowest BCUT2D eigenvalue weighted by molar-refractivity contribution is 0.0489. The van der Waals surface area contributed by atoms with Crippen molar-refractivity contribution in [3.63, 3.8) is 0 Å². The lowest BCUT2D eigenvalue weighted by Crippen LogP contribution is -2.30. The molecule has 0 aliphatic carbocycles. The van der Waals surface area contributed by atoms with E-state index in [0.717, 1.165) is 6.42 Å². The highest BCUT2D eigenvalue weighted by atomic mass is 16.5. The van der Waals surface area contributed by atoms with Crippen molar-refractivity contribution in [2.75, 3.05) is 0 Å². The molecule has 1 aromatic carbocycles. The summed E-state index contributed by atoms with van der Waals surface area (Å²) in [6.45, 7) is 11.1. The Balaban J connectivity index is 2.11. The van der Waals surface area contributed by atoms with E-state index in [2.05, 4.69) is 58.9 Å². The van der Waals surface area contributed by atoms with Crippen molar-refractivity contribution in [1.29, 1.82) is 0 Å². The first-order chi connectivity index (χ1) is 9.40. The van der Waals surface area contributed by atoms with E-state index in [1.54, 1.807) is 0 Å². The zero-order chi connectivity index (χ0) is 14.9. The zero-order valence-electron chi connectivity index (χ0n) is 13.5. The van der Waals surface area contributed by atoms with E-state index < -0.39 is 0 Å². The van der Waals surface area contributed by atoms with Crippen LogP contribution in [0.5, 0.6) is 0 Å². The van der Waals surface area contributed by atoms with Gasteiger partial charge in [-0.25, -0.2) is 0 Å². The molecule has 1 aromatic rings. The minimum Gasteiger partial charge on any atom is -0.375 e. The summed E-state index contributed by atoms with van der Waals surface area (Å²) in [4.78, 5) is 0. The molecule has 2 heteroatoms. The van der Waals surface area contributed by atoms with Crippen LogP contribution in [-0.4, -0.2) is 12.2 Å². The quantitative estimate of drug-likeness (QED) is 0.903. The van der Waals surface area contributed by atoms with Crippen molar-refractivity contribution >= 4 is 0 Å². The van der Waals surface area contributed by atoms with Gasteiger partial charge in [0.2, 0.25) is 0 Å². The van der Waals surface area contributed by atoms with Gasteiger partial charge in [-0.1, -0.05) is 45.0 Å². The molecular formula is C18H29NO. The van der Waals surface area contributed by atoms with Crippen LogP contribution in [0.15, 0.2) is 24.3 Å². The van der Waals surface area contributed by atoms with Gasteiger partial charge in [0.1, 0.15) is 0 Å². The molecule has 0 radical (unpaired) electrons. The predicted octanol–water partition coefficient (Wildman–Crippen LogP) is 3.94. The molecule has 1 aliphatic rings. The summed E-state index contributed by atoms with van der Waals surface area (Å²) in [5, 5.41) is 0. The molecule has 0 amide bonds. The molecule has 1 heterocycles. The van der Waals surface area contributed by atoms with Crippen molar-refractivity contribution in [2.24, 2.45) is 23.5 Å². The molecule has 5 atom stereocenters. The first-order valence-electron chi connectivity index (χ1n) is 7.90. The fourth-order valence-corrected chi connectivity index (χ4v) is 3.48. The molecule has 0 aromatic heterocycles. The molecule has 5 unspecified atom stereocenters. The highest BCUT2D eigenvalue weighted by Gasteiger charge is 2.40. The summed E-state index contributed by atoms with van der Waals surface area (Å²) in [7, 11) is 0. The number of ether oxygens (including phenoxy) is 1. The summed E-state index contributed by atoms with van der Waals surface area (Å²) in [5.41, 5.74) is 9.15. The molecule has 1 aliphatic heterocycles. The Bertz CT molecular complexity index is 426. The Kier molecular flexibility index (Phi) is 4.87. The Morgan fingerprint density at radius 2 is 1.65 bits per heavy atom.